The predicted octanol–water partition coefficient (Wildman–Crippen LogP) is 4.92. The van der Waals surface area contributed by atoms with Gasteiger partial charge in [0.05, 0.1) is 22.9 Å². The number of nitrogens with zero attached hydrogens (tertiary/aromatic N) is 3. The van der Waals surface area contributed by atoms with Crippen LogP contribution in [0.2, 0.25) is 0 Å². The summed E-state index contributed by atoms with van der Waals surface area (Å²) >= 11 is 1.66. The standard InChI is InChI=1S/C22H24N4OS.ClH/c1-14(2)27-21-7-5-16(10-18(21)11-23)22-26(25-13-28-22)20-6-4-17-12-24-9-8-19(17)15(20)3;/h4-7,10,13-14,22,24H,8-9,12H2,1-3H3;1H. The van der Waals surface area contributed by atoms with Gasteiger partial charge in [-0.05, 0) is 74.2 Å². The van der Waals surface area contributed by atoms with E-state index in [4.69, 9.17) is 4.74 Å². The summed E-state index contributed by atoms with van der Waals surface area (Å²) in [6.07, 6.45) is 1.08. The van der Waals surface area contributed by atoms with Gasteiger partial charge in [0.15, 0.2) is 0 Å². The van der Waals surface area contributed by atoms with Crippen molar-refractivity contribution >= 4 is 35.4 Å². The Morgan fingerprint density at radius 2 is 2.14 bits per heavy atom. The van der Waals surface area contributed by atoms with Gasteiger partial charge in [-0.15, -0.1) is 12.4 Å². The zero-order valence-electron chi connectivity index (χ0n) is 16.8. The normalized spacial score (nSPS) is 17.6. The van der Waals surface area contributed by atoms with Crippen LogP contribution < -0.4 is 15.1 Å². The Balaban J connectivity index is 0.00000240. The molecule has 0 bridgehead atoms. The van der Waals surface area contributed by atoms with Crippen LogP contribution in [0.4, 0.5) is 5.69 Å². The Kier molecular flexibility index (Phi) is 6.74. The Morgan fingerprint density at radius 3 is 2.90 bits per heavy atom. The molecule has 1 unspecified atom stereocenters. The molecule has 4 rings (SSSR count). The Morgan fingerprint density at radius 1 is 1.31 bits per heavy atom. The van der Waals surface area contributed by atoms with Gasteiger partial charge >= 0.3 is 0 Å². The molecule has 0 aromatic heterocycles. The molecule has 0 saturated heterocycles. The van der Waals surface area contributed by atoms with Crippen LogP contribution in [0.5, 0.6) is 5.75 Å². The number of rotatable bonds is 4. The molecule has 2 aromatic carbocycles. The predicted molar refractivity (Wildman–Crippen MR) is 122 cm³/mol. The van der Waals surface area contributed by atoms with Crippen LogP contribution in [-0.2, 0) is 13.0 Å². The summed E-state index contributed by atoms with van der Waals surface area (Å²) in [5.41, 5.74) is 8.73. The maximum atomic E-state index is 9.57. The highest BCUT2D eigenvalue weighted by Gasteiger charge is 2.28. The molecule has 0 fully saturated rings. The van der Waals surface area contributed by atoms with Crippen molar-refractivity contribution in [3.8, 4) is 11.8 Å². The average Bonchev–Trinajstić information content (AvgIpc) is 3.18. The molecule has 152 valence electrons. The Labute approximate surface area is 182 Å². The molecule has 1 atom stereocenters. The summed E-state index contributed by atoms with van der Waals surface area (Å²) in [4.78, 5) is 0. The second-order valence-corrected chi connectivity index (χ2v) is 8.29. The molecule has 5 nitrogen and oxygen atoms in total. The molecule has 29 heavy (non-hydrogen) atoms. The first kappa shape index (κ1) is 21.5. The first-order chi connectivity index (χ1) is 13.6. The molecule has 2 aromatic rings. The Hall–Kier alpha value is -2.20. The third-order valence-corrected chi connectivity index (χ3v) is 6.08. The molecule has 0 aliphatic carbocycles. The van der Waals surface area contributed by atoms with E-state index in [1.54, 1.807) is 11.8 Å². The molecule has 7 heteroatoms. The molecule has 0 spiro atoms. The van der Waals surface area contributed by atoms with Crippen molar-refractivity contribution in [3.63, 3.8) is 0 Å². The highest BCUT2D eigenvalue weighted by atomic mass is 35.5. The number of ether oxygens (including phenoxy) is 1. The Bertz CT molecular complexity index is 970. The van der Waals surface area contributed by atoms with Crippen LogP contribution in [0.1, 0.15) is 47.0 Å². The zero-order chi connectivity index (χ0) is 19.7. The lowest BCUT2D eigenvalue weighted by Gasteiger charge is -2.28. The van der Waals surface area contributed by atoms with Crippen molar-refractivity contribution in [2.75, 3.05) is 11.6 Å². The number of hydrogen-bond acceptors (Lipinski definition) is 6. The van der Waals surface area contributed by atoms with E-state index in [-0.39, 0.29) is 23.9 Å². The van der Waals surface area contributed by atoms with E-state index in [0.717, 1.165) is 30.8 Å². The zero-order valence-corrected chi connectivity index (χ0v) is 18.4. The summed E-state index contributed by atoms with van der Waals surface area (Å²) in [5, 5.41) is 19.7. The van der Waals surface area contributed by atoms with Gasteiger partial charge in [-0.25, -0.2) is 5.01 Å². The maximum absolute atomic E-state index is 9.57. The van der Waals surface area contributed by atoms with Crippen molar-refractivity contribution in [1.82, 2.24) is 5.32 Å². The van der Waals surface area contributed by atoms with Crippen LogP contribution in [0.3, 0.4) is 0 Å². The molecular weight excluding hydrogens is 404 g/mol. The third-order valence-electron chi connectivity index (χ3n) is 5.14. The van der Waals surface area contributed by atoms with E-state index in [9.17, 15) is 5.26 Å². The van der Waals surface area contributed by atoms with E-state index < -0.39 is 0 Å². The minimum atomic E-state index is 0. The molecular formula is C22H25ClN4OS. The topological polar surface area (TPSA) is 60.6 Å². The van der Waals surface area contributed by atoms with Crippen molar-refractivity contribution < 1.29 is 4.74 Å². The largest absolute Gasteiger partial charge is 0.490 e. The number of hydrogen-bond donors (Lipinski definition) is 1. The summed E-state index contributed by atoms with van der Waals surface area (Å²) in [5.74, 6) is 0.633. The fourth-order valence-corrected chi connectivity index (χ4v) is 4.66. The van der Waals surface area contributed by atoms with E-state index >= 15 is 0 Å². The van der Waals surface area contributed by atoms with Crippen LogP contribution in [0.25, 0.3) is 0 Å². The smallest absolute Gasteiger partial charge is 0.137 e. The van der Waals surface area contributed by atoms with E-state index in [1.165, 1.54) is 16.7 Å². The third kappa shape index (κ3) is 4.23. The highest BCUT2D eigenvalue weighted by molar-refractivity contribution is 8.12. The number of nitriles is 1. The average molecular weight is 429 g/mol. The highest BCUT2D eigenvalue weighted by Crippen LogP contribution is 2.42. The summed E-state index contributed by atoms with van der Waals surface area (Å²) in [6.45, 7) is 8.06. The van der Waals surface area contributed by atoms with Crippen molar-refractivity contribution in [3.05, 3.63) is 58.1 Å². The van der Waals surface area contributed by atoms with Gasteiger partial charge in [0.1, 0.15) is 17.2 Å². The van der Waals surface area contributed by atoms with Crippen LogP contribution >= 0.6 is 24.2 Å². The van der Waals surface area contributed by atoms with E-state index in [2.05, 4.69) is 40.6 Å². The second kappa shape index (κ2) is 9.08. The number of thioether (sulfide) groups is 1. The fourth-order valence-electron chi connectivity index (χ4n) is 3.81. The number of nitrogens with one attached hydrogen (secondary N) is 1. The van der Waals surface area contributed by atoms with E-state index in [1.807, 2.05) is 37.6 Å². The quantitative estimate of drug-likeness (QED) is 0.749. The van der Waals surface area contributed by atoms with Gasteiger partial charge in [0.25, 0.3) is 0 Å². The second-order valence-electron chi connectivity index (χ2n) is 7.36. The van der Waals surface area contributed by atoms with Crippen molar-refractivity contribution in [1.29, 1.82) is 5.26 Å². The maximum Gasteiger partial charge on any atom is 0.137 e. The minimum absolute atomic E-state index is 0. The lowest BCUT2D eigenvalue weighted by molar-refractivity contribution is 0.241. The van der Waals surface area contributed by atoms with Gasteiger partial charge in [0, 0.05) is 6.54 Å². The van der Waals surface area contributed by atoms with Gasteiger partial charge < -0.3 is 10.1 Å². The number of anilines is 1. The minimum Gasteiger partial charge on any atom is -0.490 e. The van der Waals surface area contributed by atoms with Gasteiger partial charge in [-0.3, -0.25) is 0 Å². The first-order valence-electron chi connectivity index (χ1n) is 9.58. The van der Waals surface area contributed by atoms with Crippen LogP contribution in [0, 0.1) is 18.3 Å². The number of halogens is 1. The lowest BCUT2D eigenvalue weighted by Crippen LogP contribution is -2.26. The molecule has 2 aliphatic heterocycles. The summed E-state index contributed by atoms with van der Waals surface area (Å²) < 4.78 is 5.77. The van der Waals surface area contributed by atoms with Gasteiger partial charge in [-0.2, -0.15) is 10.4 Å². The SMILES string of the molecule is Cc1c(N2N=CSC2c2ccc(OC(C)C)c(C#N)c2)ccc2c1CCNC2.Cl. The summed E-state index contributed by atoms with van der Waals surface area (Å²) in [6, 6.07) is 12.5. The van der Waals surface area contributed by atoms with Crippen LogP contribution in [0.15, 0.2) is 35.4 Å². The first-order valence-corrected chi connectivity index (χ1v) is 10.5. The monoisotopic (exact) mass is 428 g/mol. The molecule has 1 N–H and O–H groups in total. The molecule has 2 heterocycles. The lowest BCUT2D eigenvalue weighted by atomic mass is 9.94. The number of hydrazone groups is 1. The van der Waals surface area contributed by atoms with Gasteiger partial charge in [0.2, 0.25) is 0 Å². The van der Waals surface area contributed by atoms with Crippen LogP contribution in [-0.4, -0.2) is 18.2 Å². The molecule has 2 aliphatic rings. The number of fused-ring (bicyclic) bond motifs is 1. The molecule has 0 radical (unpaired) electrons. The molecule has 0 saturated carbocycles. The number of benzene rings is 2. The summed E-state index contributed by atoms with van der Waals surface area (Å²) in [7, 11) is 0. The molecule has 0 amide bonds. The van der Waals surface area contributed by atoms with Crippen molar-refractivity contribution in [2.45, 2.75) is 45.2 Å². The van der Waals surface area contributed by atoms with Gasteiger partial charge in [-0.1, -0.05) is 23.9 Å². The fraction of sp³-hybridized carbons (Fsp3) is 0.364. The van der Waals surface area contributed by atoms with Crippen molar-refractivity contribution in [2.24, 2.45) is 5.10 Å². The van der Waals surface area contributed by atoms with E-state index in [0.29, 0.717) is 11.3 Å².